The minimum Gasteiger partial charge on any atom is -0.331 e. The monoisotopic (exact) mass is 317 g/mol. The summed E-state index contributed by atoms with van der Waals surface area (Å²) >= 11 is 0. The van der Waals surface area contributed by atoms with E-state index >= 15 is 0 Å². The number of hydrogen-bond acceptors (Lipinski definition) is 7. The zero-order chi connectivity index (χ0) is 16.4. The molecule has 9 heteroatoms. The number of rotatable bonds is 4. The number of benzene rings is 1. The first-order valence-corrected chi connectivity index (χ1v) is 7.08. The molecule has 0 saturated carbocycles. The third-order valence-electron chi connectivity index (χ3n) is 3.25. The standard InChI is InChI=1S/C15H11N9/c16-8-10-9-19-24-12(10)21-14(22-13-17-6-7-18-13)23-15(24)20-11-4-2-1-3-5-11/h1-7,9H,(H3,17,18,20,21,22,23). The zero-order valence-corrected chi connectivity index (χ0v) is 12.3. The van der Waals surface area contributed by atoms with Crippen LogP contribution in [-0.4, -0.2) is 29.5 Å². The number of nitrogens with zero attached hydrogens (tertiary/aromatic N) is 6. The second kappa shape index (κ2) is 5.69. The lowest BCUT2D eigenvalue weighted by Crippen LogP contribution is -2.08. The average molecular weight is 317 g/mol. The molecule has 0 aliphatic heterocycles. The lowest BCUT2D eigenvalue weighted by molar-refractivity contribution is 0.906. The first kappa shape index (κ1) is 13.7. The molecule has 1 aromatic carbocycles. The minimum absolute atomic E-state index is 0.299. The van der Waals surface area contributed by atoms with Crippen molar-refractivity contribution in [2.45, 2.75) is 0 Å². The molecule has 0 unspecified atom stereocenters. The Balaban J connectivity index is 1.81. The van der Waals surface area contributed by atoms with Crippen LogP contribution in [0.25, 0.3) is 5.65 Å². The van der Waals surface area contributed by atoms with Gasteiger partial charge in [0.15, 0.2) is 5.65 Å². The first-order chi connectivity index (χ1) is 11.8. The van der Waals surface area contributed by atoms with Crippen molar-refractivity contribution in [2.75, 3.05) is 10.6 Å². The number of nitriles is 1. The normalized spacial score (nSPS) is 10.5. The van der Waals surface area contributed by atoms with Crippen molar-refractivity contribution < 1.29 is 0 Å². The molecule has 0 saturated heterocycles. The molecule has 0 radical (unpaired) electrons. The van der Waals surface area contributed by atoms with E-state index in [0.717, 1.165) is 5.69 Å². The van der Waals surface area contributed by atoms with Gasteiger partial charge in [0.2, 0.25) is 17.8 Å². The highest BCUT2D eigenvalue weighted by molar-refractivity contribution is 5.63. The fourth-order valence-electron chi connectivity index (χ4n) is 2.18. The van der Waals surface area contributed by atoms with E-state index in [9.17, 15) is 5.26 Å². The van der Waals surface area contributed by atoms with Crippen molar-refractivity contribution >= 4 is 29.2 Å². The Hall–Kier alpha value is -3.93. The van der Waals surface area contributed by atoms with E-state index in [1.54, 1.807) is 12.4 Å². The minimum atomic E-state index is 0.299. The fourth-order valence-corrected chi connectivity index (χ4v) is 2.18. The van der Waals surface area contributed by atoms with Crippen molar-refractivity contribution in [1.29, 1.82) is 5.26 Å². The second-order valence-electron chi connectivity index (χ2n) is 4.83. The lowest BCUT2D eigenvalue weighted by Gasteiger charge is -2.09. The van der Waals surface area contributed by atoms with Gasteiger partial charge in [0, 0.05) is 18.1 Å². The molecule has 0 aliphatic carbocycles. The number of nitrogens with one attached hydrogen (secondary N) is 3. The molecule has 0 amide bonds. The fraction of sp³-hybridized carbons (Fsp3) is 0. The summed E-state index contributed by atoms with van der Waals surface area (Å²) in [6, 6.07) is 11.6. The van der Waals surface area contributed by atoms with Gasteiger partial charge in [0.05, 0.1) is 6.20 Å². The molecule has 9 nitrogen and oxygen atoms in total. The maximum absolute atomic E-state index is 9.23. The maximum atomic E-state index is 9.23. The number of fused-ring (bicyclic) bond motifs is 1. The van der Waals surface area contributed by atoms with E-state index in [-0.39, 0.29) is 0 Å². The van der Waals surface area contributed by atoms with Crippen molar-refractivity contribution in [1.82, 2.24) is 29.5 Å². The van der Waals surface area contributed by atoms with Gasteiger partial charge in [-0.1, -0.05) is 18.2 Å². The molecule has 24 heavy (non-hydrogen) atoms. The molecule has 3 heterocycles. The van der Waals surface area contributed by atoms with Crippen LogP contribution in [0.3, 0.4) is 0 Å². The van der Waals surface area contributed by atoms with E-state index in [1.165, 1.54) is 10.7 Å². The summed E-state index contributed by atoms with van der Waals surface area (Å²) in [5.74, 6) is 1.23. The van der Waals surface area contributed by atoms with Gasteiger partial charge < -0.3 is 10.3 Å². The van der Waals surface area contributed by atoms with Crippen LogP contribution in [0.15, 0.2) is 48.9 Å². The van der Waals surface area contributed by atoms with Gasteiger partial charge in [-0.25, -0.2) is 4.98 Å². The Bertz CT molecular complexity index is 1010. The highest BCUT2D eigenvalue weighted by Gasteiger charge is 2.13. The number of H-pyrrole nitrogens is 1. The number of aromatic amines is 1. The Morgan fingerprint density at radius 1 is 1.12 bits per heavy atom. The van der Waals surface area contributed by atoms with Crippen molar-refractivity contribution in [3.63, 3.8) is 0 Å². The van der Waals surface area contributed by atoms with Crippen LogP contribution >= 0.6 is 0 Å². The van der Waals surface area contributed by atoms with Crippen LogP contribution in [0.1, 0.15) is 5.56 Å². The first-order valence-electron chi connectivity index (χ1n) is 7.08. The van der Waals surface area contributed by atoms with Crippen LogP contribution in [0, 0.1) is 11.3 Å². The van der Waals surface area contributed by atoms with Gasteiger partial charge in [0.1, 0.15) is 11.6 Å². The average Bonchev–Trinajstić information content (AvgIpc) is 3.25. The van der Waals surface area contributed by atoms with Gasteiger partial charge in [-0.15, -0.1) is 0 Å². The maximum Gasteiger partial charge on any atom is 0.234 e. The molecule has 3 N–H and O–H groups in total. The van der Waals surface area contributed by atoms with Gasteiger partial charge in [-0.2, -0.15) is 24.8 Å². The van der Waals surface area contributed by atoms with Crippen molar-refractivity contribution in [2.24, 2.45) is 0 Å². The van der Waals surface area contributed by atoms with Gasteiger partial charge >= 0.3 is 0 Å². The second-order valence-corrected chi connectivity index (χ2v) is 4.83. The molecule has 0 fully saturated rings. The van der Waals surface area contributed by atoms with Crippen LogP contribution < -0.4 is 10.6 Å². The van der Waals surface area contributed by atoms with E-state index in [4.69, 9.17) is 0 Å². The van der Waals surface area contributed by atoms with Crippen molar-refractivity contribution in [3.8, 4) is 6.07 Å². The lowest BCUT2D eigenvalue weighted by atomic mass is 10.3. The molecule has 3 aromatic heterocycles. The van der Waals surface area contributed by atoms with E-state index in [0.29, 0.717) is 29.1 Å². The summed E-state index contributed by atoms with van der Waals surface area (Å²) in [6.07, 6.45) is 4.75. The third-order valence-corrected chi connectivity index (χ3v) is 3.25. The molecular formula is C15H11N9. The Kier molecular flexibility index (Phi) is 3.25. The highest BCUT2D eigenvalue weighted by atomic mass is 15.4. The number of anilines is 4. The predicted octanol–water partition coefficient (Wildman–Crippen LogP) is 2.21. The van der Waals surface area contributed by atoms with Crippen LogP contribution in [0.4, 0.5) is 23.5 Å². The van der Waals surface area contributed by atoms with Crippen LogP contribution in [-0.2, 0) is 0 Å². The molecule has 0 aliphatic rings. The topological polar surface area (TPSA) is 120 Å². The van der Waals surface area contributed by atoms with Gasteiger partial charge in [-0.05, 0) is 12.1 Å². The largest absolute Gasteiger partial charge is 0.331 e. The number of hydrogen-bond donors (Lipinski definition) is 3. The zero-order valence-electron chi connectivity index (χ0n) is 12.3. The van der Waals surface area contributed by atoms with E-state index in [1.807, 2.05) is 30.3 Å². The summed E-state index contributed by atoms with van der Waals surface area (Å²) in [7, 11) is 0. The summed E-state index contributed by atoms with van der Waals surface area (Å²) in [5, 5.41) is 19.5. The number of imidazole rings is 1. The Labute approximate surface area is 136 Å². The number of para-hydroxylation sites is 1. The van der Waals surface area contributed by atoms with Gasteiger partial charge in [0.25, 0.3) is 0 Å². The molecule has 0 bridgehead atoms. The predicted molar refractivity (Wildman–Crippen MR) is 87.1 cm³/mol. The van der Waals surface area contributed by atoms with E-state index < -0.39 is 0 Å². The third kappa shape index (κ3) is 2.48. The van der Waals surface area contributed by atoms with Crippen molar-refractivity contribution in [3.05, 3.63) is 54.5 Å². The van der Waals surface area contributed by atoms with E-state index in [2.05, 4.69) is 41.7 Å². The highest BCUT2D eigenvalue weighted by Crippen LogP contribution is 2.19. The van der Waals surface area contributed by atoms with Gasteiger partial charge in [-0.3, -0.25) is 5.32 Å². The Morgan fingerprint density at radius 2 is 2.00 bits per heavy atom. The summed E-state index contributed by atoms with van der Waals surface area (Å²) in [5.41, 5.74) is 1.60. The molecule has 116 valence electrons. The van der Waals surface area contributed by atoms with Crippen LogP contribution in [0.2, 0.25) is 0 Å². The molecular weight excluding hydrogens is 306 g/mol. The van der Waals surface area contributed by atoms with Crippen LogP contribution in [0.5, 0.6) is 0 Å². The Morgan fingerprint density at radius 3 is 2.75 bits per heavy atom. The number of aromatic nitrogens is 6. The summed E-state index contributed by atoms with van der Waals surface area (Å²) in [6.45, 7) is 0. The SMILES string of the molecule is N#Cc1cnn2c(Nc3ccccc3)nc(Nc3ncc[nH]3)nc12. The molecule has 4 rings (SSSR count). The smallest absolute Gasteiger partial charge is 0.234 e. The summed E-state index contributed by atoms with van der Waals surface area (Å²) in [4.78, 5) is 15.8. The quantitative estimate of drug-likeness (QED) is 0.527. The summed E-state index contributed by atoms with van der Waals surface area (Å²) < 4.78 is 1.48. The molecule has 0 atom stereocenters. The molecule has 0 spiro atoms. The molecule has 4 aromatic rings.